The Morgan fingerprint density at radius 3 is 2.52 bits per heavy atom. The Balaban J connectivity index is 2.22. The van der Waals surface area contributed by atoms with Crippen LogP contribution in [0.15, 0.2) is 45.5 Å². The fourth-order valence-corrected chi connectivity index (χ4v) is 3.57. The number of H-pyrrole nitrogens is 1. The zero-order valence-corrected chi connectivity index (χ0v) is 17.1. The summed E-state index contributed by atoms with van der Waals surface area (Å²) in [4.78, 5) is 43.3. The van der Waals surface area contributed by atoms with Crippen LogP contribution in [0.5, 0.6) is 0 Å². The largest absolute Gasteiger partial charge is 0.460 e. The molecule has 0 fully saturated rings. The second kappa shape index (κ2) is 8.08. The molecule has 2 N–H and O–H groups in total. The average Bonchev–Trinajstić information content (AvgIpc) is 2.66. The summed E-state index contributed by atoms with van der Waals surface area (Å²) >= 11 is 1.29. The number of thioether (sulfide) groups is 1. The Hall–Kier alpha value is -3.14. The van der Waals surface area contributed by atoms with Crippen LogP contribution in [0.3, 0.4) is 0 Å². The number of benzene rings is 1. The monoisotopic (exact) mass is 416 g/mol. The van der Waals surface area contributed by atoms with E-state index in [0.717, 1.165) is 0 Å². The summed E-state index contributed by atoms with van der Waals surface area (Å²) in [6.45, 7) is 5.18. The first-order chi connectivity index (χ1) is 13.7. The van der Waals surface area contributed by atoms with Crippen LogP contribution in [0.4, 0.5) is 11.5 Å². The highest BCUT2D eigenvalue weighted by atomic mass is 32.2. The molecule has 10 heteroatoms. The van der Waals surface area contributed by atoms with Gasteiger partial charge < -0.3 is 15.0 Å². The molecule has 0 saturated carbocycles. The Bertz CT molecular complexity index is 1060. The quantitative estimate of drug-likeness (QED) is 0.250. The van der Waals surface area contributed by atoms with Gasteiger partial charge in [-0.15, -0.1) is 0 Å². The number of nitro benzene ring substituents is 1. The van der Waals surface area contributed by atoms with Gasteiger partial charge in [-0.05, 0) is 32.6 Å². The van der Waals surface area contributed by atoms with Gasteiger partial charge in [0.05, 0.1) is 28.1 Å². The number of carbonyl (C=O) groups excluding carboxylic acids is 1. The Labute approximate surface area is 170 Å². The molecule has 3 rings (SSSR count). The van der Waals surface area contributed by atoms with E-state index in [-0.39, 0.29) is 22.9 Å². The lowest BCUT2D eigenvalue weighted by Crippen LogP contribution is -2.31. The van der Waals surface area contributed by atoms with Crippen molar-refractivity contribution < 1.29 is 14.5 Å². The summed E-state index contributed by atoms with van der Waals surface area (Å²) in [6, 6.07) is 5.76. The lowest BCUT2D eigenvalue weighted by atomic mass is 9.82. The van der Waals surface area contributed by atoms with Gasteiger partial charge in [0.25, 0.3) is 11.2 Å². The van der Waals surface area contributed by atoms with Gasteiger partial charge in [0, 0.05) is 17.8 Å². The predicted octanol–water partition coefficient (Wildman–Crippen LogP) is 3.18. The van der Waals surface area contributed by atoms with Crippen LogP contribution in [0.1, 0.15) is 37.8 Å². The number of ether oxygens (including phenoxy) is 1. The maximum Gasteiger partial charge on any atom is 0.337 e. The normalized spacial score (nSPS) is 15.7. The lowest BCUT2D eigenvalue weighted by Gasteiger charge is -2.29. The minimum atomic E-state index is -0.773. The second-order valence-electron chi connectivity index (χ2n) is 6.74. The van der Waals surface area contributed by atoms with Crippen LogP contribution in [-0.2, 0) is 9.53 Å². The van der Waals surface area contributed by atoms with Crippen LogP contribution in [0.2, 0.25) is 0 Å². The molecule has 0 aliphatic carbocycles. The molecule has 0 amide bonds. The molecule has 0 radical (unpaired) electrons. The summed E-state index contributed by atoms with van der Waals surface area (Å²) in [5.74, 6) is -0.988. The standard InChI is InChI=1S/C19H20N4O5S/c1-9(2)28-18(25)13-10(3)20-16-15(17(24)22-19(21-16)29-4)14(13)11-5-7-12(8-6-11)23(26)27/h5-9,14H,1-4H3,(H2,20,21,22,24). The van der Waals surface area contributed by atoms with Crippen LogP contribution < -0.4 is 10.9 Å². The van der Waals surface area contributed by atoms with Gasteiger partial charge in [-0.2, -0.15) is 0 Å². The number of nitrogens with zero attached hydrogens (tertiary/aromatic N) is 2. The third kappa shape index (κ3) is 4.02. The molecule has 1 aliphatic heterocycles. The van der Waals surface area contributed by atoms with E-state index in [2.05, 4.69) is 15.3 Å². The number of rotatable bonds is 5. The first-order valence-corrected chi connectivity index (χ1v) is 10.1. The predicted molar refractivity (Wildman–Crippen MR) is 109 cm³/mol. The number of nitro groups is 1. The van der Waals surface area contributed by atoms with Crippen molar-refractivity contribution in [1.29, 1.82) is 0 Å². The number of allylic oxidation sites excluding steroid dienone is 1. The highest BCUT2D eigenvalue weighted by molar-refractivity contribution is 7.98. The molecular formula is C19H20N4O5S. The fraction of sp³-hybridized carbons (Fsp3) is 0.316. The molecule has 1 aromatic heterocycles. The van der Waals surface area contributed by atoms with E-state index in [9.17, 15) is 19.7 Å². The fourth-order valence-electron chi connectivity index (χ4n) is 3.20. The molecule has 1 aromatic carbocycles. The van der Waals surface area contributed by atoms with Crippen LogP contribution in [0.25, 0.3) is 0 Å². The van der Waals surface area contributed by atoms with E-state index >= 15 is 0 Å². The minimum absolute atomic E-state index is 0.0836. The molecule has 29 heavy (non-hydrogen) atoms. The molecule has 9 nitrogen and oxygen atoms in total. The topological polar surface area (TPSA) is 127 Å². The van der Waals surface area contributed by atoms with E-state index in [1.54, 1.807) is 27.0 Å². The Kier molecular flexibility index (Phi) is 5.73. The van der Waals surface area contributed by atoms with E-state index in [4.69, 9.17) is 4.74 Å². The van der Waals surface area contributed by atoms with Crippen molar-refractivity contribution >= 4 is 29.2 Å². The molecule has 1 atom stereocenters. The number of aromatic nitrogens is 2. The number of esters is 1. The van der Waals surface area contributed by atoms with Gasteiger partial charge in [0.1, 0.15) is 5.82 Å². The number of hydrogen-bond acceptors (Lipinski definition) is 8. The highest BCUT2D eigenvalue weighted by Crippen LogP contribution is 2.40. The molecule has 1 aliphatic rings. The van der Waals surface area contributed by atoms with Crippen LogP contribution in [0, 0.1) is 10.1 Å². The lowest BCUT2D eigenvalue weighted by molar-refractivity contribution is -0.384. The van der Waals surface area contributed by atoms with Crippen molar-refractivity contribution in [1.82, 2.24) is 9.97 Å². The van der Waals surface area contributed by atoms with Crippen LogP contribution in [-0.4, -0.2) is 33.2 Å². The van der Waals surface area contributed by atoms with E-state index in [0.29, 0.717) is 22.2 Å². The number of fused-ring (bicyclic) bond motifs is 1. The van der Waals surface area contributed by atoms with Crippen molar-refractivity contribution in [3.8, 4) is 0 Å². The number of anilines is 1. The van der Waals surface area contributed by atoms with Gasteiger partial charge in [-0.3, -0.25) is 14.9 Å². The van der Waals surface area contributed by atoms with E-state index < -0.39 is 22.4 Å². The van der Waals surface area contributed by atoms with Crippen molar-refractivity contribution in [3.05, 3.63) is 67.1 Å². The van der Waals surface area contributed by atoms with Gasteiger partial charge in [0.15, 0.2) is 5.16 Å². The van der Waals surface area contributed by atoms with Crippen molar-refractivity contribution in [2.45, 2.75) is 37.9 Å². The van der Waals surface area contributed by atoms with Gasteiger partial charge in [-0.1, -0.05) is 23.9 Å². The van der Waals surface area contributed by atoms with E-state index in [1.165, 1.54) is 36.0 Å². The molecule has 0 bridgehead atoms. The maximum absolute atomic E-state index is 12.9. The average molecular weight is 416 g/mol. The number of nitrogens with one attached hydrogen (secondary N) is 2. The molecule has 0 saturated heterocycles. The molecule has 0 spiro atoms. The zero-order chi connectivity index (χ0) is 21.3. The van der Waals surface area contributed by atoms with Crippen LogP contribution >= 0.6 is 11.8 Å². The zero-order valence-electron chi connectivity index (χ0n) is 16.3. The smallest absolute Gasteiger partial charge is 0.337 e. The number of hydrogen-bond donors (Lipinski definition) is 2. The van der Waals surface area contributed by atoms with Crippen molar-refractivity contribution in [3.63, 3.8) is 0 Å². The summed E-state index contributed by atoms with van der Waals surface area (Å²) in [5.41, 5.74) is 1.12. The van der Waals surface area contributed by atoms with Gasteiger partial charge in [-0.25, -0.2) is 9.78 Å². The third-order valence-corrected chi connectivity index (χ3v) is 4.99. The number of non-ortho nitro benzene ring substituents is 1. The number of aromatic amines is 1. The summed E-state index contributed by atoms with van der Waals surface area (Å²) < 4.78 is 5.39. The van der Waals surface area contributed by atoms with Gasteiger partial charge >= 0.3 is 5.97 Å². The Morgan fingerprint density at radius 2 is 1.97 bits per heavy atom. The summed E-state index contributed by atoms with van der Waals surface area (Å²) in [5, 5.41) is 14.5. The maximum atomic E-state index is 12.9. The van der Waals surface area contributed by atoms with E-state index in [1.807, 2.05) is 0 Å². The molecule has 152 valence electrons. The van der Waals surface area contributed by atoms with Gasteiger partial charge in [0.2, 0.25) is 0 Å². The summed E-state index contributed by atoms with van der Waals surface area (Å²) in [7, 11) is 0. The summed E-state index contributed by atoms with van der Waals surface area (Å²) in [6.07, 6.45) is 1.44. The van der Waals surface area contributed by atoms with Crippen molar-refractivity contribution in [2.24, 2.45) is 0 Å². The first-order valence-electron chi connectivity index (χ1n) is 8.84. The number of carbonyl (C=O) groups is 1. The minimum Gasteiger partial charge on any atom is -0.460 e. The van der Waals surface area contributed by atoms with Crippen molar-refractivity contribution in [2.75, 3.05) is 11.6 Å². The second-order valence-corrected chi connectivity index (χ2v) is 7.53. The highest BCUT2D eigenvalue weighted by Gasteiger charge is 2.36. The molecule has 1 unspecified atom stereocenters. The molecular weight excluding hydrogens is 396 g/mol. The third-order valence-electron chi connectivity index (χ3n) is 4.41. The molecule has 2 aromatic rings. The SMILES string of the molecule is CSc1nc2c(c(=O)[nH]1)C(c1ccc([N+](=O)[O-])cc1)C(C(=O)OC(C)C)=C(C)N2. The first kappa shape index (κ1) is 20.6. The Morgan fingerprint density at radius 1 is 1.31 bits per heavy atom. The molecule has 2 heterocycles.